The first-order valence-electron chi connectivity index (χ1n) is 7.93. The number of carbonyl (C=O) groups excluding carboxylic acids is 1. The van der Waals surface area contributed by atoms with Crippen LogP contribution in [0, 0.1) is 12.8 Å². The van der Waals surface area contributed by atoms with Gasteiger partial charge < -0.3 is 11.1 Å². The van der Waals surface area contributed by atoms with Crippen molar-refractivity contribution < 1.29 is 4.79 Å². The number of hydrogen-bond acceptors (Lipinski definition) is 3. The molecule has 1 heterocycles. The maximum atomic E-state index is 12.7. The molecular formula is C18H25Cl2N3O. The molecule has 0 bridgehead atoms. The van der Waals surface area contributed by atoms with Gasteiger partial charge in [-0.2, -0.15) is 0 Å². The van der Waals surface area contributed by atoms with E-state index in [9.17, 15) is 4.79 Å². The predicted molar refractivity (Wildman–Crippen MR) is 104 cm³/mol. The topological polar surface area (TPSA) is 68.0 Å². The van der Waals surface area contributed by atoms with Crippen LogP contribution in [0.5, 0.6) is 0 Å². The summed E-state index contributed by atoms with van der Waals surface area (Å²) in [5.74, 6) is -0.104. The van der Waals surface area contributed by atoms with Gasteiger partial charge in [-0.15, -0.1) is 24.8 Å². The van der Waals surface area contributed by atoms with E-state index in [1.54, 1.807) is 6.20 Å². The van der Waals surface area contributed by atoms with Crippen molar-refractivity contribution in [3.05, 3.63) is 36.0 Å². The molecule has 1 fully saturated rings. The van der Waals surface area contributed by atoms with Gasteiger partial charge in [0.1, 0.15) is 0 Å². The molecule has 0 aliphatic heterocycles. The third-order valence-electron chi connectivity index (χ3n) is 4.80. The molecule has 0 radical (unpaired) electrons. The summed E-state index contributed by atoms with van der Waals surface area (Å²) < 4.78 is 0. The van der Waals surface area contributed by atoms with E-state index in [0.717, 1.165) is 47.8 Å². The van der Waals surface area contributed by atoms with Crippen LogP contribution >= 0.6 is 24.8 Å². The van der Waals surface area contributed by atoms with E-state index in [-0.39, 0.29) is 36.6 Å². The summed E-state index contributed by atoms with van der Waals surface area (Å²) in [5.41, 5.74) is 8.78. The zero-order chi connectivity index (χ0) is 15.7. The van der Waals surface area contributed by atoms with Crippen LogP contribution in [0.4, 0.5) is 5.69 Å². The number of aryl methyl sites for hydroxylation is 1. The second-order valence-corrected chi connectivity index (χ2v) is 6.62. The standard InChI is InChI=1S/C18H23N3O.2ClH/c1-12-8-9-15(13-6-5-11-20-16(12)13)21-17(22)14-7-3-4-10-18(14,2)19;;/h5-6,8-9,11,14H,3-4,7,10,19H2,1-2H3,(H,21,22);2*1H. The fourth-order valence-electron chi connectivity index (χ4n) is 3.43. The largest absolute Gasteiger partial charge is 0.325 e. The minimum Gasteiger partial charge on any atom is -0.325 e. The third kappa shape index (κ3) is 4.00. The van der Waals surface area contributed by atoms with Crippen LogP contribution in [0.2, 0.25) is 0 Å². The smallest absolute Gasteiger partial charge is 0.229 e. The zero-order valence-corrected chi connectivity index (χ0v) is 15.7. The Kier molecular flexibility index (Phi) is 7.02. The summed E-state index contributed by atoms with van der Waals surface area (Å²) in [6.07, 6.45) is 5.72. The number of nitrogens with zero attached hydrogens (tertiary/aromatic N) is 1. The van der Waals surface area contributed by atoms with Gasteiger partial charge in [0.15, 0.2) is 0 Å². The van der Waals surface area contributed by atoms with Crippen LogP contribution in [-0.4, -0.2) is 16.4 Å². The summed E-state index contributed by atoms with van der Waals surface area (Å²) in [7, 11) is 0. The lowest BCUT2D eigenvalue weighted by Gasteiger charge is -2.37. The molecule has 2 aromatic rings. The normalized spacial score (nSPS) is 23.0. The molecule has 132 valence electrons. The minimum atomic E-state index is -0.416. The van der Waals surface area contributed by atoms with E-state index in [4.69, 9.17) is 5.73 Å². The molecule has 6 heteroatoms. The number of benzene rings is 1. The molecule has 3 rings (SSSR count). The van der Waals surface area contributed by atoms with E-state index in [0.29, 0.717) is 0 Å². The Morgan fingerprint density at radius 2 is 2.04 bits per heavy atom. The number of fused-ring (bicyclic) bond motifs is 1. The lowest BCUT2D eigenvalue weighted by molar-refractivity contribution is -0.122. The highest BCUT2D eigenvalue weighted by Gasteiger charge is 2.37. The van der Waals surface area contributed by atoms with E-state index >= 15 is 0 Å². The molecule has 2 unspecified atom stereocenters. The molecule has 1 aliphatic rings. The van der Waals surface area contributed by atoms with Crippen molar-refractivity contribution >= 4 is 47.3 Å². The van der Waals surface area contributed by atoms with Crippen LogP contribution in [-0.2, 0) is 4.79 Å². The molecule has 0 saturated heterocycles. The second-order valence-electron chi connectivity index (χ2n) is 6.62. The van der Waals surface area contributed by atoms with Crippen molar-refractivity contribution in [1.82, 2.24) is 4.98 Å². The number of carbonyl (C=O) groups is 1. The molecule has 2 atom stereocenters. The van der Waals surface area contributed by atoms with Gasteiger partial charge in [-0.05, 0) is 50.5 Å². The average molecular weight is 370 g/mol. The maximum Gasteiger partial charge on any atom is 0.229 e. The summed E-state index contributed by atoms with van der Waals surface area (Å²) >= 11 is 0. The Labute approximate surface area is 155 Å². The average Bonchev–Trinajstić information content (AvgIpc) is 2.50. The Hall–Kier alpha value is -1.36. The van der Waals surface area contributed by atoms with Crippen molar-refractivity contribution in [3.63, 3.8) is 0 Å². The summed E-state index contributed by atoms with van der Waals surface area (Å²) in [6.45, 7) is 4.02. The highest BCUT2D eigenvalue weighted by molar-refractivity contribution is 6.02. The zero-order valence-electron chi connectivity index (χ0n) is 14.0. The predicted octanol–water partition coefficient (Wildman–Crippen LogP) is 4.23. The third-order valence-corrected chi connectivity index (χ3v) is 4.80. The van der Waals surface area contributed by atoms with Crippen LogP contribution in [0.15, 0.2) is 30.5 Å². The van der Waals surface area contributed by atoms with Gasteiger partial charge in [0.25, 0.3) is 0 Å². The molecule has 4 nitrogen and oxygen atoms in total. The van der Waals surface area contributed by atoms with Crippen LogP contribution in [0.25, 0.3) is 10.9 Å². The van der Waals surface area contributed by atoms with E-state index in [1.807, 2.05) is 38.1 Å². The molecule has 1 amide bonds. The van der Waals surface area contributed by atoms with Crippen molar-refractivity contribution in [2.24, 2.45) is 11.7 Å². The number of amides is 1. The lowest BCUT2D eigenvalue weighted by atomic mass is 9.74. The number of hydrogen-bond donors (Lipinski definition) is 2. The van der Waals surface area contributed by atoms with Crippen LogP contribution in [0.3, 0.4) is 0 Å². The number of nitrogens with two attached hydrogens (primary N) is 1. The first-order valence-corrected chi connectivity index (χ1v) is 7.93. The van der Waals surface area contributed by atoms with Gasteiger partial charge in [-0.3, -0.25) is 9.78 Å². The van der Waals surface area contributed by atoms with Crippen molar-refractivity contribution in [3.8, 4) is 0 Å². The molecule has 3 N–H and O–H groups in total. The first-order chi connectivity index (χ1) is 10.5. The molecule has 24 heavy (non-hydrogen) atoms. The van der Waals surface area contributed by atoms with Crippen LogP contribution < -0.4 is 11.1 Å². The molecular weight excluding hydrogens is 345 g/mol. The number of aromatic nitrogens is 1. The highest BCUT2D eigenvalue weighted by Crippen LogP contribution is 2.33. The van der Waals surface area contributed by atoms with E-state index in [2.05, 4.69) is 10.3 Å². The Bertz CT molecular complexity index is 718. The first kappa shape index (κ1) is 20.7. The minimum absolute atomic E-state index is 0. The summed E-state index contributed by atoms with van der Waals surface area (Å²) in [6, 6.07) is 7.83. The Balaban J connectivity index is 0.00000144. The highest BCUT2D eigenvalue weighted by atomic mass is 35.5. The summed E-state index contributed by atoms with van der Waals surface area (Å²) in [5, 5.41) is 4.06. The van der Waals surface area contributed by atoms with Crippen molar-refractivity contribution in [2.75, 3.05) is 5.32 Å². The van der Waals surface area contributed by atoms with E-state index in [1.165, 1.54) is 0 Å². The second kappa shape index (κ2) is 8.15. The fourth-order valence-corrected chi connectivity index (χ4v) is 3.43. The number of rotatable bonds is 2. The quantitative estimate of drug-likeness (QED) is 0.831. The molecule has 1 aliphatic carbocycles. The summed E-state index contributed by atoms with van der Waals surface area (Å²) in [4.78, 5) is 17.1. The Morgan fingerprint density at radius 1 is 1.29 bits per heavy atom. The molecule has 1 aromatic heterocycles. The van der Waals surface area contributed by atoms with Gasteiger partial charge in [0.2, 0.25) is 5.91 Å². The van der Waals surface area contributed by atoms with Gasteiger partial charge in [-0.25, -0.2) is 0 Å². The molecule has 1 aromatic carbocycles. The maximum absolute atomic E-state index is 12.7. The van der Waals surface area contributed by atoms with Gasteiger partial charge in [0.05, 0.1) is 17.1 Å². The van der Waals surface area contributed by atoms with Crippen molar-refractivity contribution in [1.29, 1.82) is 0 Å². The van der Waals surface area contributed by atoms with Gasteiger partial charge >= 0.3 is 0 Å². The number of nitrogens with one attached hydrogen (secondary N) is 1. The number of halogens is 2. The SMILES string of the molecule is Cc1ccc(NC(=O)C2CCCCC2(C)N)c2cccnc12.Cl.Cl. The monoisotopic (exact) mass is 369 g/mol. The van der Waals surface area contributed by atoms with E-state index < -0.39 is 5.54 Å². The fraction of sp³-hybridized carbons (Fsp3) is 0.444. The molecule has 1 saturated carbocycles. The van der Waals surface area contributed by atoms with Gasteiger partial charge in [0, 0.05) is 17.1 Å². The number of anilines is 1. The Morgan fingerprint density at radius 3 is 2.75 bits per heavy atom. The number of pyridine rings is 1. The van der Waals surface area contributed by atoms with Crippen molar-refractivity contribution in [2.45, 2.75) is 45.1 Å². The van der Waals surface area contributed by atoms with Gasteiger partial charge in [-0.1, -0.05) is 18.9 Å². The van der Waals surface area contributed by atoms with Crippen LogP contribution in [0.1, 0.15) is 38.2 Å². The lowest BCUT2D eigenvalue weighted by Crippen LogP contribution is -2.51. The molecule has 0 spiro atoms.